The predicted octanol–water partition coefficient (Wildman–Crippen LogP) is 0.299. The molecule has 1 saturated carbocycles. The number of ether oxygens (including phenoxy) is 1. The Morgan fingerprint density at radius 2 is 2.03 bits per heavy atom. The standard InChI is InChI=1S/C23H31N3O5S.BrH/c1-26(15-21(27)24-20-11-13-31-25-20)12-5-4-9-18(26)16-30-22(28)23(29,17-7-2-3-8-17)19-10-6-14-32-19;/h6,10-11,13-14,17-18,29H,2-5,7-9,12,15-16H2,1H3;1H. The van der Waals surface area contributed by atoms with Crippen LogP contribution in [0.5, 0.6) is 0 Å². The number of hydrogen-bond acceptors (Lipinski definition) is 7. The van der Waals surface area contributed by atoms with Crippen LogP contribution < -0.4 is 22.3 Å². The minimum absolute atomic E-state index is 0. The van der Waals surface area contributed by atoms with Crippen molar-refractivity contribution in [3.8, 4) is 0 Å². The maximum absolute atomic E-state index is 13.3. The summed E-state index contributed by atoms with van der Waals surface area (Å²) in [5.41, 5.74) is -1.59. The van der Waals surface area contributed by atoms with Crippen LogP contribution in [0.1, 0.15) is 49.8 Å². The Bertz CT molecular complexity index is 903. The first-order valence-corrected chi connectivity index (χ1v) is 12.3. The third kappa shape index (κ3) is 5.67. The molecule has 8 nitrogen and oxygen atoms in total. The Morgan fingerprint density at radius 1 is 1.27 bits per heavy atom. The van der Waals surface area contributed by atoms with Crippen molar-refractivity contribution in [1.29, 1.82) is 0 Å². The molecule has 2 aliphatic rings. The quantitative estimate of drug-likeness (QED) is 0.368. The average Bonchev–Trinajstić information content (AvgIpc) is 3.55. The fourth-order valence-electron chi connectivity index (χ4n) is 5.20. The average molecular weight is 542 g/mol. The maximum Gasteiger partial charge on any atom is 0.344 e. The Labute approximate surface area is 208 Å². The lowest BCUT2D eigenvalue weighted by Gasteiger charge is -2.44. The zero-order valence-corrected chi connectivity index (χ0v) is 21.3. The van der Waals surface area contributed by atoms with Crippen molar-refractivity contribution >= 4 is 29.0 Å². The van der Waals surface area contributed by atoms with Crippen molar-refractivity contribution in [3.05, 3.63) is 34.7 Å². The van der Waals surface area contributed by atoms with E-state index in [-0.39, 0.29) is 48.0 Å². The van der Waals surface area contributed by atoms with Gasteiger partial charge in [-0.1, -0.05) is 24.1 Å². The Hall–Kier alpha value is -1.75. The number of likely N-dealkylation sites (tertiary alicyclic amines) is 1. The largest absolute Gasteiger partial charge is 1.00 e. The van der Waals surface area contributed by atoms with Gasteiger partial charge in [-0.05, 0) is 37.1 Å². The number of halogens is 1. The van der Waals surface area contributed by atoms with E-state index in [2.05, 4.69) is 10.5 Å². The molecule has 3 unspecified atom stereocenters. The summed E-state index contributed by atoms with van der Waals surface area (Å²) in [6.45, 7) is 1.27. The number of nitrogens with one attached hydrogen (secondary N) is 1. The van der Waals surface area contributed by atoms with Gasteiger partial charge >= 0.3 is 5.97 Å². The van der Waals surface area contributed by atoms with Gasteiger partial charge in [0.15, 0.2) is 18.0 Å². The highest BCUT2D eigenvalue weighted by atomic mass is 79.9. The number of nitrogens with zero attached hydrogens (tertiary/aromatic N) is 2. The molecule has 2 aromatic rings. The zero-order chi connectivity index (χ0) is 22.6. The normalized spacial score (nSPS) is 25.1. The Morgan fingerprint density at radius 3 is 2.70 bits per heavy atom. The molecule has 1 aliphatic carbocycles. The van der Waals surface area contributed by atoms with Crippen LogP contribution in [0.4, 0.5) is 5.82 Å². The summed E-state index contributed by atoms with van der Waals surface area (Å²) >= 11 is 1.40. The van der Waals surface area contributed by atoms with Gasteiger partial charge in [0.1, 0.15) is 18.9 Å². The van der Waals surface area contributed by atoms with Gasteiger partial charge in [0, 0.05) is 23.3 Å². The van der Waals surface area contributed by atoms with Crippen LogP contribution >= 0.6 is 11.3 Å². The summed E-state index contributed by atoms with van der Waals surface area (Å²) in [5, 5.41) is 19.9. The van der Waals surface area contributed by atoms with Crippen LogP contribution in [0.3, 0.4) is 0 Å². The molecule has 0 bridgehead atoms. The van der Waals surface area contributed by atoms with Gasteiger partial charge in [0.25, 0.3) is 5.91 Å². The third-order valence-corrected chi connectivity index (χ3v) is 8.10. The number of likely N-dealkylation sites (N-methyl/N-ethyl adjacent to an activating group) is 1. The monoisotopic (exact) mass is 541 g/mol. The third-order valence-electron chi connectivity index (χ3n) is 7.11. The van der Waals surface area contributed by atoms with Gasteiger partial charge in [-0.3, -0.25) is 4.79 Å². The first-order chi connectivity index (χ1) is 15.4. The second-order valence-corrected chi connectivity index (χ2v) is 10.2. The Balaban J connectivity index is 0.00000306. The summed E-state index contributed by atoms with van der Waals surface area (Å²) in [7, 11) is 2.03. The van der Waals surface area contributed by atoms with E-state index in [0.29, 0.717) is 15.2 Å². The number of thiophene rings is 1. The summed E-state index contributed by atoms with van der Waals surface area (Å²) in [6, 6.07) is 5.27. The molecule has 2 aromatic heterocycles. The summed E-state index contributed by atoms with van der Waals surface area (Å²) in [4.78, 5) is 26.5. The minimum atomic E-state index is -1.59. The lowest BCUT2D eigenvalue weighted by molar-refractivity contribution is -0.931. The summed E-state index contributed by atoms with van der Waals surface area (Å²) in [6.07, 6.45) is 7.99. The van der Waals surface area contributed by atoms with Crippen LogP contribution in [0.15, 0.2) is 34.4 Å². The molecule has 3 atom stereocenters. The van der Waals surface area contributed by atoms with E-state index in [1.807, 2.05) is 24.6 Å². The van der Waals surface area contributed by atoms with E-state index in [4.69, 9.17) is 9.26 Å². The number of aliphatic hydroxyl groups is 1. The van der Waals surface area contributed by atoms with Crippen LogP contribution in [0.2, 0.25) is 0 Å². The number of piperidine rings is 1. The molecule has 0 spiro atoms. The highest BCUT2D eigenvalue weighted by molar-refractivity contribution is 7.10. The lowest BCUT2D eigenvalue weighted by Crippen LogP contribution is -3.00. The van der Waals surface area contributed by atoms with Gasteiger partial charge in [-0.2, -0.15) is 0 Å². The van der Waals surface area contributed by atoms with E-state index < -0.39 is 11.6 Å². The fourth-order valence-corrected chi connectivity index (χ4v) is 6.09. The zero-order valence-electron chi connectivity index (χ0n) is 18.9. The topological polar surface area (TPSA) is 102 Å². The van der Waals surface area contributed by atoms with Gasteiger partial charge in [0.05, 0.1) is 13.6 Å². The smallest absolute Gasteiger partial charge is 0.344 e. The van der Waals surface area contributed by atoms with Crippen molar-refractivity contribution in [3.63, 3.8) is 0 Å². The molecule has 1 saturated heterocycles. The number of rotatable bonds is 8. The molecule has 3 heterocycles. The van der Waals surface area contributed by atoms with E-state index in [1.165, 1.54) is 17.6 Å². The number of quaternary nitrogens is 1. The van der Waals surface area contributed by atoms with Crippen LogP contribution in [-0.4, -0.2) is 59.4 Å². The lowest BCUT2D eigenvalue weighted by atomic mass is 9.84. The SMILES string of the molecule is C[N+]1(CC(=O)Nc2ccon2)CCCCC1COC(=O)C(O)(c1cccs1)C1CCCC1.[Br-]. The molecule has 0 radical (unpaired) electrons. The number of esters is 1. The minimum Gasteiger partial charge on any atom is -1.00 e. The highest BCUT2D eigenvalue weighted by Crippen LogP contribution is 2.43. The molecule has 0 aromatic carbocycles. The molecule has 4 rings (SSSR count). The van der Waals surface area contributed by atoms with E-state index in [0.717, 1.165) is 51.5 Å². The number of carbonyl (C=O) groups excluding carboxylic acids is 2. The second-order valence-electron chi connectivity index (χ2n) is 9.27. The van der Waals surface area contributed by atoms with E-state index in [1.54, 1.807) is 6.07 Å². The van der Waals surface area contributed by atoms with Crippen molar-refractivity contribution in [1.82, 2.24) is 5.16 Å². The maximum atomic E-state index is 13.3. The summed E-state index contributed by atoms with van der Waals surface area (Å²) < 4.78 is 11.1. The molecule has 33 heavy (non-hydrogen) atoms. The Kier molecular flexibility index (Phi) is 8.71. The van der Waals surface area contributed by atoms with Gasteiger partial charge in [-0.15, -0.1) is 11.3 Å². The number of anilines is 1. The molecule has 1 aliphatic heterocycles. The van der Waals surface area contributed by atoms with E-state index in [9.17, 15) is 14.7 Å². The molecule has 1 amide bonds. The molecule has 2 N–H and O–H groups in total. The van der Waals surface area contributed by atoms with Gasteiger partial charge in [0.2, 0.25) is 0 Å². The van der Waals surface area contributed by atoms with Gasteiger partial charge in [-0.25, -0.2) is 4.79 Å². The highest BCUT2D eigenvalue weighted by Gasteiger charge is 2.49. The first kappa shape index (κ1) is 25.9. The fraction of sp³-hybridized carbons (Fsp3) is 0.609. The van der Waals surface area contributed by atoms with Crippen molar-refractivity contribution in [2.24, 2.45) is 5.92 Å². The number of amides is 1. The molecule has 10 heteroatoms. The summed E-state index contributed by atoms with van der Waals surface area (Å²) in [5.74, 6) is -0.440. The van der Waals surface area contributed by atoms with Crippen LogP contribution in [-0.2, 0) is 19.9 Å². The van der Waals surface area contributed by atoms with Crippen molar-refractivity contribution in [2.75, 3.05) is 32.1 Å². The predicted molar refractivity (Wildman–Crippen MR) is 120 cm³/mol. The number of hydrogen-bond donors (Lipinski definition) is 2. The molecule has 182 valence electrons. The molecule has 2 fully saturated rings. The van der Waals surface area contributed by atoms with Gasteiger partial charge < -0.3 is 41.1 Å². The van der Waals surface area contributed by atoms with Crippen LogP contribution in [0, 0.1) is 5.92 Å². The van der Waals surface area contributed by atoms with Crippen LogP contribution in [0.25, 0.3) is 0 Å². The number of aromatic nitrogens is 1. The number of carbonyl (C=O) groups is 2. The molecular formula is C23H32BrN3O5S. The second kappa shape index (κ2) is 11.1. The van der Waals surface area contributed by atoms with E-state index >= 15 is 0 Å². The van der Waals surface area contributed by atoms with Crippen molar-refractivity contribution < 1.29 is 45.4 Å². The van der Waals surface area contributed by atoms with Crippen molar-refractivity contribution in [2.45, 2.75) is 56.6 Å². The first-order valence-electron chi connectivity index (χ1n) is 11.4. The molecular weight excluding hydrogens is 510 g/mol.